The van der Waals surface area contributed by atoms with Crippen LogP contribution >= 0.6 is 0 Å². The second-order valence-electron chi connectivity index (χ2n) is 5.80. The topological polar surface area (TPSA) is 29.5 Å². The van der Waals surface area contributed by atoms with Gasteiger partial charge in [0, 0.05) is 19.2 Å². The molecule has 1 heterocycles. The van der Waals surface area contributed by atoms with Gasteiger partial charge in [-0.2, -0.15) is 0 Å². The summed E-state index contributed by atoms with van der Waals surface area (Å²) in [5.41, 5.74) is 1.01. The van der Waals surface area contributed by atoms with Crippen LogP contribution in [0.5, 0.6) is 5.75 Å². The van der Waals surface area contributed by atoms with Gasteiger partial charge >= 0.3 is 0 Å². The normalized spacial score (nSPS) is 23.1. The van der Waals surface area contributed by atoms with Gasteiger partial charge < -0.3 is 9.64 Å². The average Bonchev–Trinajstić information content (AvgIpc) is 2.44. The highest BCUT2D eigenvalue weighted by Gasteiger charge is 2.23. The summed E-state index contributed by atoms with van der Waals surface area (Å²) in [6.45, 7) is 6.17. The van der Waals surface area contributed by atoms with Gasteiger partial charge in [-0.05, 0) is 42.0 Å². The minimum atomic E-state index is 0.110. The summed E-state index contributed by atoms with van der Waals surface area (Å²) in [5, 5.41) is 0. The molecule has 1 aliphatic heterocycles. The molecule has 0 aromatic heterocycles. The summed E-state index contributed by atoms with van der Waals surface area (Å²) >= 11 is 0. The molecule has 1 aromatic rings. The highest BCUT2D eigenvalue weighted by Crippen LogP contribution is 2.21. The van der Waals surface area contributed by atoms with E-state index < -0.39 is 0 Å². The van der Waals surface area contributed by atoms with E-state index in [0.717, 1.165) is 24.4 Å². The summed E-state index contributed by atoms with van der Waals surface area (Å²) in [6.07, 6.45) is 4.75. The zero-order chi connectivity index (χ0) is 14.5. The zero-order valence-corrected chi connectivity index (χ0v) is 12.5. The molecule has 0 N–H and O–H groups in total. The van der Waals surface area contributed by atoms with Crippen LogP contribution in [0.1, 0.15) is 25.8 Å². The first-order valence-corrected chi connectivity index (χ1v) is 7.19. The van der Waals surface area contributed by atoms with Crippen LogP contribution in [0.25, 0.3) is 6.08 Å². The van der Waals surface area contributed by atoms with Crippen molar-refractivity contribution in [2.75, 3.05) is 20.2 Å². The monoisotopic (exact) mass is 273 g/mol. The Morgan fingerprint density at radius 2 is 1.80 bits per heavy atom. The number of carbonyl (C=O) groups is 1. The maximum Gasteiger partial charge on any atom is 0.246 e. The van der Waals surface area contributed by atoms with Gasteiger partial charge in [0.05, 0.1) is 7.11 Å². The van der Waals surface area contributed by atoms with Crippen molar-refractivity contribution in [2.45, 2.75) is 20.3 Å². The molecule has 1 aliphatic rings. The Hall–Kier alpha value is -1.77. The van der Waals surface area contributed by atoms with Gasteiger partial charge in [0.25, 0.3) is 0 Å². The van der Waals surface area contributed by atoms with Crippen LogP contribution in [-0.4, -0.2) is 31.0 Å². The predicted molar refractivity (Wildman–Crippen MR) is 81.6 cm³/mol. The van der Waals surface area contributed by atoms with Crippen molar-refractivity contribution in [3.63, 3.8) is 0 Å². The minimum absolute atomic E-state index is 0.110. The average molecular weight is 273 g/mol. The van der Waals surface area contributed by atoms with Crippen molar-refractivity contribution in [1.29, 1.82) is 0 Å². The molecular formula is C17H23NO2. The number of likely N-dealkylation sites (tertiary alicyclic amines) is 1. The molecule has 1 amide bonds. The van der Waals surface area contributed by atoms with Crippen LogP contribution in [-0.2, 0) is 4.79 Å². The first-order chi connectivity index (χ1) is 9.58. The third-order valence-electron chi connectivity index (χ3n) is 3.71. The molecule has 108 valence electrons. The molecule has 0 radical (unpaired) electrons. The first-order valence-electron chi connectivity index (χ1n) is 7.19. The number of benzene rings is 1. The lowest BCUT2D eigenvalue weighted by atomic mass is 9.92. The van der Waals surface area contributed by atoms with Crippen LogP contribution in [0.15, 0.2) is 30.3 Å². The lowest BCUT2D eigenvalue weighted by Crippen LogP contribution is -2.41. The largest absolute Gasteiger partial charge is 0.497 e. The Bertz CT molecular complexity index is 468. The van der Waals surface area contributed by atoms with Crippen molar-refractivity contribution in [2.24, 2.45) is 11.8 Å². The number of methoxy groups -OCH3 is 1. The van der Waals surface area contributed by atoms with Gasteiger partial charge in [0.2, 0.25) is 5.91 Å². The molecule has 2 atom stereocenters. The van der Waals surface area contributed by atoms with Gasteiger partial charge in [-0.15, -0.1) is 0 Å². The Morgan fingerprint density at radius 3 is 2.35 bits per heavy atom. The Morgan fingerprint density at radius 1 is 1.20 bits per heavy atom. The van der Waals surface area contributed by atoms with E-state index in [-0.39, 0.29) is 5.91 Å². The second-order valence-corrected chi connectivity index (χ2v) is 5.80. The van der Waals surface area contributed by atoms with Crippen LogP contribution in [0.2, 0.25) is 0 Å². The Kier molecular flexibility index (Phi) is 4.83. The van der Waals surface area contributed by atoms with Gasteiger partial charge in [-0.25, -0.2) is 0 Å². The third-order valence-corrected chi connectivity index (χ3v) is 3.71. The van der Waals surface area contributed by atoms with Crippen LogP contribution in [0.4, 0.5) is 0 Å². The fourth-order valence-electron chi connectivity index (χ4n) is 2.83. The number of amides is 1. The van der Waals surface area contributed by atoms with Gasteiger partial charge in [0.1, 0.15) is 5.75 Å². The Balaban J connectivity index is 1.97. The molecule has 0 aliphatic carbocycles. The van der Waals surface area contributed by atoms with Crippen molar-refractivity contribution < 1.29 is 9.53 Å². The van der Waals surface area contributed by atoms with E-state index in [1.807, 2.05) is 35.2 Å². The molecule has 0 saturated carbocycles. The highest BCUT2D eigenvalue weighted by molar-refractivity contribution is 5.91. The molecule has 1 fully saturated rings. The van der Waals surface area contributed by atoms with E-state index >= 15 is 0 Å². The first kappa shape index (κ1) is 14.6. The quantitative estimate of drug-likeness (QED) is 0.791. The number of carbonyl (C=O) groups excluding carboxylic acids is 1. The molecule has 2 rings (SSSR count). The van der Waals surface area contributed by atoms with Gasteiger partial charge in [0.15, 0.2) is 0 Å². The highest BCUT2D eigenvalue weighted by atomic mass is 16.5. The predicted octanol–water partition coefficient (Wildman–Crippen LogP) is 3.21. The van der Waals surface area contributed by atoms with Crippen molar-refractivity contribution in [1.82, 2.24) is 4.90 Å². The number of hydrogen-bond acceptors (Lipinski definition) is 2. The lowest BCUT2D eigenvalue weighted by Gasteiger charge is -2.34. The SMILES string of the molecule is COc1ccc(C=CC(=O)N2CC(C)CC(C)C2)cc1. The van der Waals surface area contributed by atoms with Crippen LogP contribution in [0.3, 0.4) is 0 Å². The van der Waals surface area contributed by atoms with E-state index in [4.69, 9.17) is 4.74 Å². The Labute approximate surface area is 121 Å². The summed E-state index contributed by atoms with van der Waals surface area (Å²) < 4.78 is 5.11. The van der Waals surface area contributed by atoms with Crippen LogP contribution < -0.4 is 4.74 Å². The standard InChI is InChI=1S/C17H23NO2/c1-13-10-14(2)12-18(11-13)17(19)9-6-15-4-7-16(20-3)8-5-15/h4-9,13-14H,10-12H2,1-3H3. The molecular weight excluding hydrogens is 250 g/mol. The minimum Gasteiger partial charge on any atom is -0.497 e. The number of hydrogen-bond donors (Lipinski definition) is 0. The second kappa shape index (κ2) is 6.60. The molecule has 0 bridgehead atoms. The lowest BCUT2D eigenvalue weighted by molar-refractivity contribution is -0.128. The number of piperidine rings is 1. The van der Waals surface area contributed by atoms with E-state index in [1.165, 1.54) is 6.42 Å². The van der Waals surface area contributed by atoms with Crippen LogP contribution in [0, 0.1) is 11.8 Å². The van der Waals surface area contributed by atoms with Gasteiger partial charge in [-0.1, -0.05) is 26.0 Å². The van der Waals surface area contributed by atoms with Crippen molar-refractivity contribution >= 4 is 12.0 Å². The molecule has 0 spiro atoms. The van der Waals surface area contributed by atoms with E-state index in [1.54, 1.807) is 13.2 Å². The van der Waals surface area contributed by atoms with Crippen molar-refractivity contribution in [3.05, 3.63) is 35.9 Å². The zero-order valence-electron chi connectivity index (χ0n) is 12.5. The van der Waals surface area contributed by atoms with E-state index in [0.29, 0.717) is 11.8 Å². The summed E-state index contributed by atoms with van der Waals surface area (Å²) in [6, 6.07) is 7.69. The van der Waals surface area contributed by atoms with E-state index in [2.05, 4.69) is 13.8 Å². The molecule has 1 saturated heterocycles. The molecule has 20 heavy (non-hydrogen) atoms. The fraction of sp³-hybridized carbons (Fsp3) is 0.471. The maximum atomic E-state index is 12.2. The summed E-state index contributed by atoms with van der Waals surface area (Å²) in [5.74, 6) is 2.13. The van der Waals surface area contributed by atoms with E-state index in [9.17, 15) is 4.79 Å². The summed E-state index contributed by atoms with van der Waals surface area (Å²) in [4.78, 5) is 14.2. The van der Waals surface area contributed by atoms with Gasteiger partial charge in [-0.3, -0.25) is 4.79 Å². The smallest absolute Gasteiger partial charge is 0.246 e. The maximum absolute atomic E-state index is 12.2. The number of rotatable bonds is 3. The summed E-state index contributed by atoms with van der Waals surface area (Å²) in [7, 11) is 1.65. The molecule has 3 heteroatoms. The molecule has 2 unspecified atom stereocenters. The third kappa shape index (κ3) is 3.86. The molecule has 3 nitrogen and oxygen atoms in total. The fourth-order valence-corrected chi connectivity index (χ4v) is 2.83. The molecule has 1 aromatic carbocycles. The number of ether oxygens (including phenoxy) is 1. The number of nitrogens with zero attached hydrogens (tertiary/aromatic N) is 1. The van der Waals surface area contributed by atoms with Crippen molar-refractivity contribution in [3.8, 4) is 5.75 Å².